The van der Waals surface area contributed by atoms with E-state index in [4.69, 9.17) is 11.6 Å². The zero-order valence-corrected chi connectivity index (χ0v) is 11.0. The standard InChI is InChI=1S/C12H7BrClN3/c13-8-3-1-2-7(4-8)9-5-15-12-10(9)11(14)16-6-17-12/h1-6H,(H,15,16,17). The van der Waals surface area contributed by atoms with Crippen molar-refractivity contribution in [3.05, 3.63) is 46.4 Å². The molecule has 0 amide bonds. The number of nitrogens with one attached hydrogen (secondary N) is 1. The van der Waals surface area contributed by atoms with Crippen LogP contribution >= 0.6 is 27.5 Å². The fourth-order valence-corrected chi connectivity index (χ4v) is 2.44. The zero-order valence-electron chi connectivity index (χ0n) is 8.61. The van der Waals surface area contributed by atoms with Gasteiger partial charge >= 0.3 is 0 Å². The Morgan fingerprint density at radius 3 is 2.94 bits per heavy atom. The topological polar surface area (TPSA) is 41.6 Å². The molecule has 3 rings (SSSR count). The second kappa shape index (κ2) is 4.13. The SMILES string of the molecule is Clc1ncnc2[nH]cc(-c3cccc(Br)c3)c12. The summed E-state index contributed by atoms with van der Waals surface area (Å²) < 4.78 is 1.03. The van der Waals surface area contributed by atoms with E-state index in [1.165, 1.54) is 6.33 Å². The van der Waals surface area contributed by atoms with Crippen molar-refractivity contribution in [2.45, 2.75) is 0 Å². The number of aromatic nitrogens is 3. The van der Waals surface area contributed by atoms with E-state index < -0.39 is 0 Å². The van der Waals surface area contributed by atoms with Crippen LogP contribution in [-0.4, -0.2) is 15.0 Å². The summed E-state index contributed by atoms with van der Waals surface area (Å²) in [5.41, 5.74) is 2.83. The number of halogens is 2. The largest absolute Gasteiger partial charge is 0.345 e. The lowest BCUT2D eigenvalue weighted by molar-refractivity contribution is 1.20. The number of benzene rings is 1. The number of H-pyrrole nitrogens is 1. The first kappa shape index (κ1) is 10.7. The number of aromatic amines is 1. The van der Waals surface area contributed by atoms with Gasteiger partial charge in [0.05, 0.1) is 5.39 Å². The first-order chi connectivity index (χ1) is 8.25. The van der Waals surface area contributed by atoms with Gasteiger partial charge in [0.25, 0.3) is 0 Å². The average molecular weight is 309 g/mol. The molecule has 0 aliphatic rings. The molecule has 0 aliphatic carbocycles. The van der Waals surface area contributed by atoms with Gasteiger partial charge in [-0.15, -0.1) is 0 Å². The number of nitrogens with zero attached hydrogens (tertiary/aromatic N) is 2. The number of rotatable bonds is 1. The predicted octanol–water partition coefficient (Wildman–Crippen LogP) is 4.04. The Kier molecular flexibility index (Phi) is 2.61. The maximum Gasteiger partial charge on any atom is 0.142 e. The first-order valence-electron chi connectivity index (χ1n) is 4.99. The Labute approximate surface area is 111 Å². The lowest BCUT2D eigenvalue weighted by atomic mass is 10.1. The van der Waals surface area contributed by atoms with Gasteiger partial charge in [-0.2, -0.15) is 0 Å². The molecule has 17 heavy (non-hydrogen) atoms. The quantitative estimate of drug-likeness (QED) is 0.689. The summed E-state index contributed by atoms with van der Waals surface area (Å²) in [6.45, 7) is 0. The summed E-state index contributed by atoms with van der Waals surface area (Å²) >= 11 is 9.57. The average Bonchev–Trinajstić information content (AvgIpc) is 2.74. The van der Waals surface area contributed by atoms with Crippen LogP contribution in [0.1, 0.15) is 0 Å². The molecule has 0 atom stereocenters. The second-order valence-electron chi connectivity index (χ2n) is 3.60. The molecule has 1 aromatic carbocycles. The van der Waals surface area contributed by atoms with Gasteiger partial charge in [-0.3, -0.25) is 0 Å². The van der Waals surface area contributed by atoms with E-state index >= 15 is 0 Å². The van der Waals surface area contributed by atoms with Crippen LogP contribution in [0, 0.1) is 0 Å². The number of fused-ring (bicyclic) bond motifs is 1. The van der Waals surface area contributed by atoms with Crippen LogP contribution in [0.3, 0.4) is 0 Å². The summed E-state index contributed by atoms with van der Waals surface area (Å²) in [5, 5.41) is 1.32. The molecular formula is C12H7BrClN3. The molecule has 0 saturated heterocycles. The molecule has 2 heterocycles. The molecule has 1 N–H and O–H groups in total. The van der Waals surface area contributed by atoms with Gasteiger partial charge in [-0.1, -0.05) is 39.7 Å². The highest BCUT2D eigenvalue weighted by molar-refractivity contribution is 9.10. The summed E-state index contributed by atoms with van der Waals surface area (Å²) in [7, 11) is 0. The summed E-state index contributed by atoms with van der Waals surface area (Å²) in [6.07, 6.45) is 3.35. The summed E-state index contributed by atoms with van der Waals surface area (Å²) in [6, 6.07) is 8.02. The molecule has 0 unspecified atom stereocenters. The maximum atomic E-state index is 6.11. The molecular weight excluding hydrogens is 302 g/mol. The molecule has 0 aliphatic heterocycles. The molecule has 0 fully saturated rings. The molecule has 0 spiro atoms. The van der Waals surface area contributed by atoms with Crippen molar-refractivity contribution in [3.8, 4) is 11.1 Å². The van der Waals surface area contributed by atoms with E-state index in [1.807, 2.05) is 30.5 Å². The number of hydrogen-bond donors (Lipinski definition) is 1. The van der Waals surface area contributed by atoms with Crippen molar-refractivity contribution in [2.75, 3.05) is 0 Å². The van der Waals surface area contributed by atoms with E-state index in [0.29, 0.717) is 5.15 Å². The van der Waals surface area contributed by atoms with Crippen LogP contribution in [0.15, 0.2) is 41.3 Å². The smallest absolute Gasteiger partial charge is 0.142 e. The van der Waals surface area contributed by atoms with Gasteiger partial charge in [0.2, 0.25) is 0 Å². The third kappa shape index (κ3) is 1.83. The van der Waals surface area contributed by atoms with Gasteiger partial charge < -0.3 is 4.98 Å². The Morgan fingerprint density at radius 1 is 1.24 bits per heavy atom. The Bertz CT molecular complexity index is 693. The van der Waals surface area contributed by atoms with Crippen molar-refractivity contribution >= 4 is 38.6 Å². The second-order valence-corrected chi connectivity index (χ2v) is 4.87. The highest BCUT2D eigenvalue weighted by Crippen LogP contribution is 2.32. The highest BCUT2D eigenvalue weighted by atomic mass is 79.9. The lowest BCUT2D eigenvalue weighted by Gasteiger charge is -2.00. The molecule has 5 heteroatoms. The van der Waals surface area contributed by atoms with E-state index in [2.05, 4.69) is 30.9 Å². The first-order valence-corrected chi connectivity index (χ1v) is 6.16. The van der Waals surface area contributed by atoms with Crippen LogP contribution in [-0.2, 0) is 0 Å². The third-order valence-corrected chi connectivity index (χ3v) is 3.34. The van der Waals surface area contributed by atoms with Gasteiger partial charge in [-0.25, -0.2) is 9.97 Å². The van der Waals surface area contributed by atoms with E-state index in [1.54, 1.807) is 0 Å². The van der Waals surface area contributed by atoms with E-state index in [9.17, 15) is 0 Å². The Hall–Kier alpha value is -1.39. The van der Waals surface area contributed by atoms with Crippen molar-refractivity contribution < 1.29 is 0 Å². The highest BCUT2D eigenvalue weighted by Gasteiger charge is 2.11. The van der Waals surface area contributed by atoms with Crippen LogP contribution in [0.25, 0.3) is 22.2 Å². The fourth-order valence-electron chi connectivity index (χ4n) is 1.81. The minimum atomic E-state index is 0.464. The molecule has 3 nitrogen and oxygen atoms in total. The van der Waals surface area contributed by atoms with Gasteiger partial charge in [0.15, 0.2) is 0 Å². The monoisotopic (exact) mass is 307 g/mol. The molecule has 0 radical (unpaired) electrons. The normalized spacial score (nSPS) is 10.9. The molecule has 3 aromatic rings. The molecule has 2 aromatic heterocycles. The van der Waals surface area contributed by atoms with Crippen molar-refractivity contribution in [3.63, 3.8) is 0 Å². The molecule has 84 valence electrons. The maximum absolute atomic E-state index is 6.11. The van der Waals surface area contributed by atoms with Gasteiger partial charge in [0, 0.05) is 16.2 Å². The summed E-state index contributed by atoms with van der Waals surface area (Å²) in [5.74, 6) is 0. The van der Waals surface area contributed by atoms with Crippen LogP contribution < -0.4 is 0 Å². The van der Waals surface area contributed by atoms with E-state index in [-0.39, 0.29) is 0 Å². The minimum Gasteiger partial charge on any atom is -0.345 e. The van der Waals surface area contributed by atoms with Crippen LogP contribution in [0.2, 0.25) is 5.15 Å². The molecule has 0 saturated carbocycles. The molecule has 0 bridgehead atoms. The number of hydrogen-bond acceptors (Lipinski definition) is 2. The summed E-state index contributed by atoms with van der Waals surface area (Å²) in [4.78, 5) is 11.3. The Morgan fingerprint density at radius 2 is 2.12 bits per heavy atom. The predicted molar refractivity (Wildman–Crippen MR) is 72.0 cm³/mol. The Balaban J connectivity index is 2.31. The van der Waals surface area contributed by atoms with Crippen molar-refractivity contribution in [1.29, 1.82) is 0 Å². The van der Waals surface area contributed by atoms with Crippen molar-refractivity contribution in [2.24, 2.45) is 0 Å². The van der Waals surface area contributed by atoms with Crippen LogP contribution in [0.5, 0.6) is 0 Å². The van der Waals surface area contributed by atoms with Crippen molar-refractivity contribution in [1.82, 2.24) is 15.0 Å². The fraction of sp³-hybridized carbons (Fsp3) is 0. The zero-order chi connectivity index (χ0) is 11.8. The van der Waals surface area contributed by atoms with E-state index in [0.717, 1.165) is 26.6 Å². The lowest BCUT2D eigenvalue weighted by Crippen LogP contribution is -1.82. The third-order valence-electron chi connectivity index (χ3n) is 2.56. The van der Waals surface area contributed by atoms with Gasteiger partial charge in [-0.05, 0) is 17.7 Å². The van der Waals surface area contributed by atoms with Crippen LogP contribution in [0.4, 0.5) is 0 Å². The minimum absolute atomic E-state index is 0.464. The van der Waals surface area contributed by atoms with Gasteiger partial charge in [0.1, 0.15) is 17.1 Å².